The molecule has 96 valence electrons. The van der Waals surface area contributed by atoms with E-state index >= 15 is 0 Å². The fraction of sp³-hybridized carbons (Fsp3) is 0.538. The van der Waals surface area contributed by atoms with Gasteiger partial charge in [0.25, 0.3) is 0 Å². The van der Waals surface area contributed by atoms with Crippen LogP contribution < -0.4 is 4.90 Å². The fourth-order valence-corrected chi connectivity index (χ4v) is 2.16. The molecule has 0 amide bonds. The lowest BCUT2D eigenvalue weighted by Crippen LogP contribution is -2.47. The number of hydrogen-bond donors (Lipinski definition) is 0. The second-order valence-corrected chi connectivity index (χ2v) is 4.43. The molecule has 0 saturated carbocycles. The third-order valence-electron chi connectivity index (χ3n) is 3.29. The van der Waals surface area contributed by atoms with Gasteiger partial charge in [-0.1, -0.05) is 0 Å². The van der Waals surface area contributed by atoms with E-state index in [1.54, 1.807) is 0 Å². The van der Waals surface area contributed by atoms with E-state index in [0.717, 1.165) is 37.7 Å². The normalized spacial score (nSPS) is 16.6. The smallest absolute Gasteiger partial charge is 0.128 e. The molecule has 0 aliphatic carbocycles. The van der Waals surface area contributed by atoms with Crippen molar-refractivity contribution in [2.24, 2.45) is 0 Å². The largest absolute Gasteiger partial charge is 0.354 e. The van der Waals surface area contributed by atoms with Gasteiger partial charge in [0, 0.05) is 32.7 Å². The maximum Gasteiger partial charge on any atom is 0.128 e. The van der Waals surface area contributed by atoms with Gasteiger partial charge in [0.1, 0.15) is 18.6 Å². The molecule has 5 heteroatoms. The Morgan fingerprint density at radius 3 is 2.61 bits per heavy atom. The molecular formula is C13H17FN4. The van der Waals surface area contributed by atoms with E-state index in [9.17, 15) is 4.39 Å². The Morgan fingerprint density at radius 2 is 2.06 bits per heavy atom. The Labute approximate surface area is 107 Å². The standard InChI is InChI=1S/C13H17FN4/c1-11-12(10-15)2-3-13(16-11)18-8-6-17(5-4-14)7-9-18/h2-3H,4-9H2,1H3. The number of nitriles is 1. The molecule has 1 saturated heterocycles. The summed E-state index contributed by atoms with van der Waals surface area (Å²) in [6.45, 7) is 5.54. The second kappa shape index (κ2) is 5.78. The van der Waals surface area contributed by atoms with Crippen LogP contribution in [0.2, 0.25) is 0 Å². The highest BCUT2D eigenvalue weighted by Crippen LogP contribution is 2.16. The number of rotatable bonds is 3. The minimum Gasteiger partial charge on any atom is -0.354 e. The molecule has 0 bridgehead atoms. The molecule has 1 aliphatic rings. The van der Waals surface area contributed by atoms with Crippen molar-refractivity contribution in [2.45, 2.75) is 6.92 Å². The Hall–Kier alpha value is -1.67. The molecule has 2 heterocycles. The van der Waals surface area contributed by atoms with Crippen molar-refractivity contribution in [2.75, 3.05) is 44.3 Å². The van der Waals surface area contributed by atoms with Crippen LogP contribution in [0.15, 0.2) is 12.1 Å². The van der Waals surface area contributed by atoms with Crippen LogP contribution in [0.4, 0.5) is 10.2 Å². The van der Waals surface area contributed by atoms with Crippen molar-refractivity contribution in [1.82, 2.24) is 9.88 Å². The molecule has 0 N–H and O–H groups in total. The zero-order chi connectivity index (χ0) is 13.0. The van der Waals surface area contributed by atoms with Gasteiger partial charge in [0.2, 0.25) is 0 Å². The molecule has 0 spiro atoms. The van der Waals surface area contributed by atoms with E-state index in [2.05, 4.69) is 20.9 Å². The van der Waals surface area contributed by atoms with Crippen LogP contribution in [0, 0.1) is 18.3 Å². The number of halogens is 1. The summed E-state index contributed by atoms with van der Waals surface area (Å²) >= 11 is 0. The van der Waals surface area contributed by atoms with Gasteiger partial charge >= 0.3 is 0 Å². The van der Waals surface area contributed by atoms with Crippen LogP contribution in [0.3, 0.4) is 0 Å². The van der Waals surface area contributed by atoms with E-state index < -0.39 is 0 Å². The number of pyridine rings is 1. The number of nitrogens with zero attached hydrogens (tertiary/aromatic N) is 4. The Kier molecular flexibility index (Phi) is 4.11. The lowest BCUT2D eigenvalue weighted by molar-refractivity contribution is 0.235. The molecule has 0 atom stereocenters. The molecule has 4 nitrogen and oxygen atoms in total. The molecule has 0 aromatic carbocycles. The van der Waals surface area contributed by atoms with Gasteiger partial charge in [-0.3, -0.25) is 4.90 Å². The van der Waals surface area contributed by atoms with E-state index in [-0.39, 0.29) is 6.67 Å². The quantitative estimate of drug-likeness (QED) is 0.810. The predicted octanol–water partition coefficient (Wildman–Crippen LogP) is 1.35. The minimum absolute atomic E-state index is 0.284. The maximum absolute atomic E-state index is 12.2. The fourth-order valence-electron chi connectivity index (χ4n) is 2.16. The van der Waals surface area contributed by atoms with Gasteiger partial charge in [-0.05, 0) is 19.1 Å². The van der Waals surface area contributed by atoms with Crippen LogP contribution in [0.5, 0.6) is 0 Å². The summed E-state index contributed by atoms with van der Waals surface area (Å²) in [5.41, 5.74) is 1.39. The average Bonchev–Trinajstić information content (AvgIpc) is 2.40. The third-order valence-corrected chi connectivity index (χ3v) is 3.29. The Morgan fingerprint density at radius 1 is 1.33 bits per heavy atom. The highest BCUT2D eigenvalue weighted by molar-refractivity contribution is 5.45. The van der Waals surface area contributed by atoms with E-state index in [1.165, 1.54) is 0 Å². The summed E-state index contributed by atoms with van der Waals surface area (Å²) in [6, 6.07) is 5.81. The Bertz CT molecular complexity index is 447. The molecule has 1 fully saturated rings. The van der Waals surface area contributed by atoms with Gasteiger partial charge in [0.05, 0.1) is 11.3 Å². The maximum atomic E-state index is 12.2. The van der Waals surface area contributed by atoms with Crippen molar-refractivity contribution < 1.29 is 4.39 Å². The third kappa shape index (κ3) is 2.77. The van der Waals surface area contributed by atoms with Crippen LogP contribution in [-0.2, 0) is 0 Å². The summed E-state index contributed by atoms with van der Waals surface area (Å²) in [4.78, 5) is 8.75. The highest BCUT2D eigenvalue weighted by Gasteiger charge is 2.17. The van der Waals surface area contributed by atoms with Gasteiger partial charge in [-0.2, -0.15) is 5.26 Å². The topological polar surface area (TPSA) is 43.2 Å². The first-order chi connectivity index (χ1) is 8.74. The first kappa shape index (κ1) is 12.8. The van der Waals surface area contributed by atoms with Crippen molar-refractivity contribution in [3.63, 3.8) is 0 Å². The molecule has 2 rings (SSSR count). The van der Waals surface area contributed by atoms with Crippen LogP contribution in [0.1, 0.15) is 11.3 Å². The number of alkyl halides is 1. The number of hydrogen-bond acceptors (Lipinski definition) is 4. The van der Waals surface area contributed by atoms with Gasteiger partial charge in [-0.25, -0.2) is 9.37 Å². The molecule has 1 aromatic rings. The molecule has 0 radical (unpaired) electrons. The lowest BCUT2D eigenvalue weighted by atomic mass is 10.2. The number of piperazine rings is 1. The molecule has 1 aliphatic heterocycles. The van der Waals surface area contributed by atoms with Crippen molar-refractivity contribution in [1.29, 1.82) is 5.26 Å². The van der Waals surface area contributed by atoms with Gasteiger partial charge < -0.3 is 4.90 Å². The molecule has 0 unspecified atom stereocenters. The molecular weight excluding hydrogens is 231 g/mol. The van der Waals surface area contributed by atoms with Crippen molar-refractivity contribution >= 4 is 5.82 Å². The first-order valence-corrected chi connectivity index (χ1v) is 6.15. The summed E-state index contributed by atoms with van der Waals surface area (Å²) < 4.78 is 12.2. The summed E-state index contributed by atoms with van der Waals surface area (Å²) in [7, 11) is 0. The SMILES string of the molecule is Cc1nc(N2CCN(CCF)CC2)ccc1C#N. The second-order valence-electron chi connectivity index (χ2n) is 4.43. The first-order valence-electron chi connectivity index (χ1n) is 6.15. The monoisotopic (exact) mass is 248 g/mol. The zero-order valence-corrected chi connectivity index (χ0v) is 10.6. The zero-order valence-electron chi connectivity index (χ0n) is 10.6. The number of aryl methyl sites for hydroxylation is 1. The van der Waals surface area contributed by atoms with E-state index in [4.69, 9.17) is 5.26 Å². The average molecular weight is 248 g/mol. The number of anilines is 1. The summed E-state index contributed by atoms with van der Waals surface area (Å²) in [5, 5.41) is 8.87. The number of aromatic nitrogens is 1. The van der Waals surface area contributed by atoms with Gasteiger partial charge in [0.15, 0.2) is 0 Å². The van der Waals surface area contributed by atoms with E-state index in [1.807, 2.05) is 19.1 Å². The van der Waals surface area contributed by atoms with Crippen molar-refractivity contribution in [3.05, 3.63) is 23.4 Å². The van der Waals surface area contributed by atoms with Crippen molar-refractivity contribution in [3.8, 4) is 6.07 Å². The van der Waals surface area contributed by atoms with Crippen LogP contribution in [0.25, 0.3) is 0 Å². The van der Waals surface area contributed by atoms with Crippen LogP contribution in [-0.4, -0.2) is 49.3 Å². The van der Waals surface area contributed by atoms with E-state index in [0.29, 0.717) is 12.1 Å². The molecule has 18 heavy (non-hydrogen) atoms. The minimum atomic E-state index is -0.284. The predicted molar refractivity (Wildman–Crippen MR) is 68.3 cm³/mol. The summed E-state index contributed by atoms with van der Waals surface area (Å²) in [6.07, 6.45) is 0. The van der Waals surface area contributed by atoms with Crippen LogP contribution >= 0.6 is 0 Å². The summed E-state index contributed by atoms with van der Waals surface area (Å²) in [5.74, 6) is 0.909. The molecule has 1 aromatic heterocycles. The lowest BCUT2D eigenvalue weighted by Gasteiger charge is -2.35. The van der Waals surface area contributed by atoms with Gasteiger partial charge in [-0.15, -0.1) is 0 Å². The highest BCUT2D eigenvalue weighted by atomic mass is 19.1. The Balaban J connectivity index is 2.02.